The zero-order chi connectivity index (χ0) is 15.8. The number of benzene rings is 1. The van der Waals surface area contributed by atoms with Gasteiger partial charge in [-0.3, -0.25) is 9.59 Å². The molecule has 0 bridgehead atoms. The van der Waals surface area contributed by atoms with E-state index in [9.17, 15) is 9.59 Å². The summed E-state index contributed by atoms with van der Waals surface area (Å²) in [5.41, 5.74) is 0. The van der Waals surface area contributed by atoms with E-state index in [1.165, 1.54) is 23.1 Å². The molecule has 2 N–H and O–H groups in total. The maximum atomic E-state index is 11.7. The van der Waals surface area contributed by atoms with Gasteiger partial charge in [-0.15, -0.1) is 23.1 Å². The number of halogens is 1. The Hall–Kier alpha value is -1.50. The second-order valence-corrected chi connectivity index (χ2v) is 6.76. The van der Waals surface area contributed by atoms with Crippen molar-refractivity contribution in [2.24, 2.45) is 0 Å². The predicted molar refractivity (Wildman–Crippen MR) is 91.8 cm³/mol. The van der Waals surface area contributed by atoms with Crippen molar-refractivity contribution in [2.75, 3.05) is 18.8 Å². The average molecular weight is 355 g/mol. The summed E-state index contributed by atoms with van der Waals surface area (Å²) in [6.45, 7) is 0.825. The summed E-state index contributed by atoms with van der Waals surface area (Å²) < 4.78 is 0. The molecular formula is C15H15ClN2O2S2. The maximum absolute atomic E-state index is 11.7. The fraction of sp³-hybridized carbons (Fsp3) is 0.200. The van der Waals surface area contributed by atoms with E-state index >= 15 is 0 Å². The third kappa shape index (κ3) is 5.71. The lowest BCUT2D eigenvalue weighted by atomic mass is 10.4. The van der Waals surface area contributed by atoms with E-state index in [-0.39, 0.29) is 11.8 Å². The fourth-order valence-corrected chi connectivity index (χ4v) is 3.10. The topological polar surface area (TPSA) is 58.2 Å². The number of hydrogen-bond acceptors (Lipinski definition) is 4. The Morgan fingerprint density at radius 2 is 1.82 bits per heavy atom. The molecule has 0 aliphatic carbocycles. The van der Waals surface area contributed by atoms with E-state index < -0.39 is 0 Å². The van der Waals surface area contributed by atoms with Crippen LogP contribution < -0.4 is 10.6 Å². The van der Waals surface area contributed by atoms with Crippen LogP contribution in [0.3, 0.4) is 0 Å². The second-order valence-electron chi connectivity index (χ2n) is 4.33. The van der Waals surface area contributed by atoms with E-state index in [2.05, 4.69) is 10.6 Å². The van der Waals surface area contributed by atoms with Crippen LogP contribution in [0, 0.1) is 0 Å². The summed E-state index contributed by atoms with van der Waals surface area (Å²) in [5.74, 6) is 0.158. The minimum atomic E-state index is -0.111. The molecule has 22 heavy (non-hydrogen) atoms. The van der Waals surface area contributed by atoms with Crippen molar-refractivity contribution < 1.29 is 9.59 Å². The van der Waals surface area contributed by atoms with Crippen LogP contribution in [0.15, 0.2) is 46.7 Å². The first-order valence-corrected chi connectivity index (χ1v) is 8.86. The van der Waals surface area contributed by atoms with Gasteiger partial charge in [-0.25, -0.2) is 0 Å². The SMILES string of the molecule is O=C(CSc1ccc(Cl)cc1)NCCNC(=O)c1cccs1. The molecule has 0 saturated heterocycles. The van der Waals surface area contributed by atoms with Gasteiger partial charge in [0, 0.05) is 23.0 Å². The molecule has 0 atom stereocenters. The highest BCUT2D eigenvalue weighted by Gasteiger charge is 2.06. The van der Waals surface area contributed by atoms with Gasteiger partial charge in [-0.2, -0.15) is 0 Å². The number of thioether (sulfide) groups is 1. The van der Waals surface area contributed by atoms with E-state index in [1.807, 2.05) is 23.6 Å². The summed E-state index contributed by atoms with van der Waals surface area (Å²) in [5, 5.41) is 8.05. The Labute approximate surface area is 142 Å². The first kappa shape index (κ1) is 16.9. The standard InChI is InChI=1S/C15H15ClN2O2S2/c16-11-3-5-12(6-4-11)22-10-14(19)17-7-8-18-15(20)13-2-1-9-21-13/h1-6,9H,7-8,10H2,(H,17,19)(H,18,20). The number of amides is 2. The Kier molecular flexibility index (Phi) is 6.76. The number of carbonyl (C=O) groups excluding carboxylic acids is 2. The van der Waals surface area contributed by atoms with Crippen LogP contribution in [0.25, 0.3) is 0 Å². The molecule has 1 aromatic heterocycles. The molecule has 4 nitrogen and oxygen atoms in total. The highest BCUT2D eigenvalue weighted by molar-refractivity contribution is 8.00. The molecule has 2 aromatic rings. The monoisotopic (exact) mass is 354 g/mol. The van der Waals surface area contributed by atoms with Crippen molar-refractivity contribution >= 4 is 46.5 Å². The van der Waals surface area contributed by atoms with Gasteiger partial charge in [0.25, 0.3) is 5.91 Å². The summed E-state index contributed by atoms with van der Waals surface area (Å²) in [6.07, 6.45) is 0. The lowest BCUT2D eigenvalue weighted by Crippen LogP contribution is -2.35. The Morgan fingerprint density at radius 1 is 1.09 bits per heavy atom. The van der Waals surface area contributed by atoms with Crippen LogP contribution >= 0.6 is 34.7 Å². The fourth-order valence-electron chi connectivity index (χ4n) is 1.60. The van der Waals surface area contributed by atoms with Crippen molar-refractivity contribution in [3.8, 4) is 0 Å². The van der Waals surface area contributed by atoms with Gasteiger partial charge in [0.2, 0.25) is 5.91 Å². The second kappa shape index (κ2) is 8.82. The average Bonchev–Trinajstić information content (AvgIpc) is 3.05. The Morgan fingerprint density at radius 3 is 2.50 bits per heavy atom. The maximum Gasteiger partial charge on any atom is 0.261 e. The third-order valence-corrected chi connectivity index (χ3v) is 4.79. The zero-order valence-electron chi connectivity index (χ0n) is 11.7. The number of nitrogens with one attached hydrogen (secondary N) is 2. The van der Waals surface area contributed by atoms with Gasteiger partial charge in [0.05, 0.1) is 10.6 Å². The quantitative estimate of drug-likeness (QED) is 0.593. The first-order chi connectivity index (χ1) is 10.6. The van der Waals surface area contributed by atoms with Crippen LogP contribution in [-0.4, -0.2) is 30.7 Å². The minimum absolute atomic E-state index is 0.0645. The van der Waals surface area contributed by atoms with Crippen LogP contribution in [-0.2, 0) is 4.79 Å². The van der Waals surface area contributed by atoms with Gasteiger partial charge >= 0.3 is 0 Å². The van der Waals surface area contributed by atoms with Crippen molar-refractivity contribution in [1.82, 2.24) is 10.6 Å². The van der Waals surface area contributed by atoms with Gasteiger partial charge in [-0.1, -0.05) is 17.7 Å². The highest BCUT2D eigenvalue weighted by atomic mass is 35.5. The lowest BCUT2D eigenvalue weighted by molar-refractivity contribution is -0.118. The molecule has 0 fully saturated rings. The van der Waals surface area contributed by atoms with E-state index in [4.69, 9.17) is 11.6 Å². The minimum Gasteiger partial charge on any atom is -0.354 e. The molecule has 0 radical (unpaired) electrons. The van der Waals surface area contributed by atoms with Gasteiger partial charge < -0.3 is 10.6 Å². The summed E-state index contributed by atoms with van der Waals surface area (Å²) in [7, 11) is 0. The first-order valence-electron chi connectivity index (χ1n) is 6.62. The van der Waals surface area contributed by atoms with Crippen LogP contribution in [0.1, 0.15) is 9.67 Å². The largest absolute Gasteiger partial charge is 0.354 e. The third-order valence-electron chi connectivity index (χ3n) is 2.66. The van der Waals surface area contributed by atoms with Gasteiger partial charge in [0.1, 0.15) is 0 Å². The number of rotatable bonds is 7. The summed E-state index contributed by atoms with van der Waals surface area (Å²) in [6, 6.07) is 10.9. The molecule has 7 heteroatoms. The Bertz CT molecular complexity index is 615. The van der Waals surface area contributed by atoms with E-state index in [0.29, 0.717) is 28.7 Å². The van der Waals surface area contributed by atoms with Gasteiger partial charge in [0.15, 0.2) is 0 Å². The molecule has 2 amide bonds. The van der Waals surface area contributed by atoms with Gasteiger partial charge in [-0.05, 0) is 35.7 Å². The summed E-state index contributed by atoms with van der Waals surface area (Å²) >= 11 is 8.63. The molecular weight excluding hydrogens is 340 g/mol. The predicted octanol–water partition coefficient (Wildman–Crippen LogP) is 3.04. The number of thiophene rings is 1. The van der Waals surface area contributed by atoms with E-state index in [1.54, 1.807) is 18.2 Å². The van der Waals surface area contributed by atoms with Crippen LogP contribution in [0.5, 0.6) is 0 Å². The summed E-state index contributed by atoms with van der Waals surface area (Å²) in [4.78, 5) is 25.0. The molecule has 0 spiro atoms. The molecule has 0 aliphatic rings. The van der Waals surface area contributed by atoms with E-state index in [0.717, 1.165) is 4.90 Å². The molecule has 0 aliphatic heterocycles. The van der Waals surface area contributed by atoms with Crippen LogP contribution in [0.2, 0.25) is 5.02 Å². The van der Waals surface area contributed by atoms with Crippen molar-refractivity contribution in [3.63, 3.8) is 0 Å². The molecule has 1 aromatic carbocycles. The molecule has 0 unspecified atom stereocenters. The lowest BCUT2D eigenvalue weighted by Gasteiger charge is -2.06. The molecule has 116 valence electrons. The van der Waals surface area contributed by atoms with Crippen LogP contribution in [0.4, 0.5) is 0 Å². The molecule has 0 saturated carbocycles. The van der Waals surface area contributed by atoms with Crippen molar-refractivity contribution in [3.05, 3.63) is 51.7 Å². The number of carbonyl (C=O) groups is 2. The van der Waals surface area contributed by atoms with Crippen molar-refractivity contribution in [2.45, 2.75) is 4.90 Å². The number of hydrogen-bond donors (Lipinski definition) is 2. The normalized spacial score (nSPS) is 10.2. The molecule has 2 rings (SSSR count). The molecule has 1 heterocycles. The zero-order valence-corrected chi connectivity index (χ0v) is 14.1. The highest BCUT2D eigenvalue weighted by Crippen LogP contribution is 2.19. The smallest absolute Gasteiger partial charge is 0.261 e. The Balaban J connectivity index is 1.59. The van der Waals surface area contributed by atoms with Crippen molar-refractivity contribution in [1.29, 1.82) is 0 Å².